The minimum Gasteiger partial charge on any atom is -0.462 e. The van der Waals surface area contributed by atoms with Gasteiger partial charge in [0.2, 0.25) is 0 Å². The lowest BCUT2D eigenvalue weighted by Gasteiger charge is -2.32. The number of ether oxygens (including phenoxy) is 7. The van der Waals surface area contributed by atoms with Gasteiger partial charge in [0.25, 0.3) is 11.4 Å². The fourth-order valence-electron chi connectivity index (χ4n) is 7.72. The molecule has 84 heavy (non-hydrogen) atoms. The normalized spacial score (nSPS) is 18.4. The number of nitrogens with one attached hydrogen (secondary N) is 2. The smallest absolute Gasteiger partial charge is 0.371 e. The Kier molecular flexibility index (Phi) is 24.9. The first kappa shape index (κ1) is 68.1. The van der Waals surface area contributed by atoms with Crippen molar-refractivity contribution < 1.29 is 101 Å². The molecule has 35 nitrogen and oxygen atoms in total. The standard InChI is InChI=1S/C49H68N12O23/c1-25(2)48(54,46(70)79-37-16-8-6-12-32(37)56-60(72)73)81-44(68)34-14-10-18-58(34)83-42(66)30(52)23-77-40(64)28(50)20-27(62)21-39(76-5)36(63)22-29(51)41(65)78-24-31(53)43(67)84-59-19-11-15-35(59)45(69)82-49(55,26(3)4)47(71)80-38-17-9-7-13-33(38)57-61(74)75/h6-9,12-13,16-17,25-26,28-31,34-35,39,56-57H,10-11,14-15,18-24,50-55H2,1-5H3. The molecule has 2 aliphatic rings. The van der Waals surface area contributed by atoms with Crippen LogP contribution >= 0.6 is 0 Å². The number of hydroxylamine groups is 4. The summed E-state index contributed by atoms with van der Waals surface area (Å²) in [5, 5.41) is 22.1. The molecule has 0 aliphatic carbocycles. The SMILES string of the molecule is COC(CC(=O)CC(N)C(=O)OCC(N)C(=O)ON1CCCC1C(=O)OC(N)(C(=O)Oc1ccccc1N[N+](=O)[O-])C(C)C)C(=O)CC(N)C(=O)OCC(N)C(=O)ON1CCCC1C(=O)OC(N)(C(=O)Oc1ccccc1N[N+](=O)[O-])C(C)C. The van der Waals surface area contributed by atoms with Crippen molar-refractivity contribution in [3.63, 3.8) is 0 Å². The molecule has 2 fully saturated rings. The number of anilines is 2. The van der Waals surface area contributed by atoms with E-state index in [1.165, 1.54) is 76.2 Å². The summed E-state index contributed by atoms with van der Waals surface area (Å²) in [7, 11) is 1.07. The maximum atomic E-state index is 13.4. The molecule has 14 N–H and O–H groups in total. The van der Waals surface area contributed by atoms with Crippen LogP contribution in [0.25, 0.3) is 0 Å². The number of nitrogens with zero attached hydrogens (tertiary/aromatic N) is 4. The number of carbonyl (C=O) groups excluding carboxylic acids is 10. The molecule has 2 aliphatic heterocycles. The molecule has 0 saturated carbocycles. The number of Topliss-reactive ketones (excluding diaryl/α,β-unsaturated/α-hetero) is 2. The first-order valence-corrected chi connectivity index (χ1v) is 25.8. The van der Waals surface area contributed by atoms with Crippen LogP contribution in [-0.2, 0) is 81.3 Å². The summed E-state index contributed by atoms with van der Waals surface area (Å²) in [4.78, 5) is 163. The molecule has 0 radical (unpaired) electrons. The van der Waals surface area contributed by atoms with Gasteiger partial charge in [0.05, 0.1) is 0 Å². The molecule has 2 heterocycles. The molecule has 2 aromatic carbocycles. The van der Waals surface area contributed by atoms with E-state index < -0.39 is 168 Å². The highest BCUT2D eigenvalue weighted by atomic mass is 16.7. The van der Waals surface area contributed by atoms with Gasteiger partial charge in [-0.1, -0.05) is 52.0 Å². The number of rotatable bonds is 32. The van der Waals surface area contributed by atoms with E-state index in [1.807, 2.05) is 10.9 Å². The summed E-state index contributed by atoms with van der Waals surface area (Å²) in [5.74, 6) is -13.6. The van der Waals surface area contributed by atoms with Gasteiger partial charge in [0.1, 0.15) is 72.7 Å². The van der Waals surface area contributed by atoms with E-state index in [9.17, 15) is 68.2 Å². The number of esters is 6. The van der Waals surface area contributed by atoms with Crippen molar-refractivity contribution in [1.29, 1.82) is 0 Å². The van der Waals surface area contributed by atoms with Crippen LogP contribution < -0.4 is 54.7 Å². The fourth-order valence-corrected chi connectivity index (χ4v) is 7.72. The van der Waals surface area contributed by atoms with Crippen LogP contribution in [0, 0.1) is 32.1 Å². The molecule has 2 saturated heterocycles. The highest BCUT2D eigenvalue weighted by Gasteiger charge is 2.49. The van der Waals surface area contributed by atoms with E-state index >= 15 is 0 Å². The lowest BCUT2D eigenvalue weighted by Crippen LogP contribution is -2.59. The zero-order valence-electron chi connectivity index (χ0n) is 46.2. The number of hydrazine groups is 2. The van der Waals surface area contributed by atoms with Gasteiger partial charge in [-0.05, 0) is 49.9 Å². The largest absolute Gasteiger partial charge is 0.462 e. The highest BCUT2D eigenvalue weighted by Crippen LogP contribution is 2.31. The zero-order valence-corrected chi connectivity index (χ0v) is 46.2. The minimum absolute atomic E-state index is 0.00815. The van der Waals surface area contributed by atoms with Gasteiger partial charge in [0.15, 0.2) is 27.3 Å². The lowest BCUT2D eigenvalue weighted by atomic mass is 10.00. The average molecular weight is 1190 g/mol. The quantitative estimate of drug-likeness (QED) is 0.00952. The van der Waals surface area contributed by atoms with Crippen molar-refractivity contribution in [3.05, 3.63) is 68.8 Å². The van der Waals surface area contributed by atoms with Crippen molar-refractivity contribution >= 4 is 70.7 Å². The van der Waals surface area contributed by atoms with Crippen molar-refractivity contribution in [2.75, 3.05) is 44.3 Å². The van der Waals surface area contributed by atoms with Gasteiger partial charge >= 0.3 is 47.8 Å². The van der Waals surface area contributed by atoms with E-state index in [1.54, 1.807) is 0 Å². The molecule has 0 aromatic heterocycles. The summed E-state index contributed by atoms with van der Waals surface area (Å²) >= 11 is 0. The van der Waals surface area contributed by atoms with E-state index in [0.717, 1.165) is 17.2 Å². The van der Waals surface area contributed by atoms with Crippen molar-refractivity contribution in [2.45, 2.75) is 126 Å². The molecule has 9 unspecified atom stereocenters. The number of ketones is 2. The van der Waals surface area contributed by atoms with Crippen LogP contribution in [0.5, 0.6) is 11.5 Å². The van der Waals surface area contributed by atoms with Gasteiger partial charge < -0.3 is 65.8 Å². The van der Waals surface area contributed by atoms with Gasteiger partial charge in [-0.2, -0.15) is 0 Å². The van der Waals surface area contributed by atoms with Crippen LogP contribution in [0.15, 0.2) is 48.5 Å². The van der Waals surface area contributed by atoms with Crippen molar-refractivity contribution in [1.82, 2.24) is 10.1 Å². The summed E-state index contributed by atoms with van der Waals surface area (Å²) in [6.07, 6.45) is -2.91. The van der Waals surface area contributed by atoms with Crippen LogP contribution in [0.2, 0.25) is 0 Å². The minimum atomic E-state index is -2.43. The van der Waals surface area contributed by atoms with Crippen molar-refractivity contribution in [3.8, 4) is 11.5 Å². The number of carbonyl (C=O) groups is 10. The molecule has 0 amide bonds. The maximum Gasteiger partial charge on any atom is 0.371 e. The van der Waals surface area contributed by atoms with Gasteiger partial charge in [0, 0.05) is 51.3 Å². The van der Waals surface area contributed by atoms with Crippen LogP contribution in [-0.4, -0.2) is 167 Å². The summed E-state index contributed by atoms with van der Waals surface area (Å²) < 4.78 is 36.6. The second-order valence-corrected chi connectivity index (χ2v) is 19.7. The molecule has 35 heteroatoms. The number of benzene rings is 2. The number of hydrogen-bond acceptors (Lipinski definition) is 31. The third-order valence-corrected chi connectivity index (χ3v) is 12.8. The number of methoxy groups -OCH3 is 1. The van der Waals surface area contributed by atoms with E-state index in [4.69, 9.17) is 77.2 Å². The predicted octanol–water partition coefficient (Wildman–Crippen LogP) is -2.32. The second-order valence-electron chi connectivity index (χ2n) is 19.7. The summed E-state index contributed by atoms with van der Waals surface area (Å²) in [6, 6.07) is 1.45. The molecule has 0 bridgehead atoms. The third kappa shape index (κ3) is 18.8. The number of hydrogen-bond donors (Lipinski definition) is 8. The van der Waals surface area contributed by atoms with E-state index in [0.29, 0.717) is 6.42 Å². The second kappa shape index (κ2) is 30.8. The fraction of sp³-hybridized carbons (Fsp3) is 0.551. The zero-order chi connectivity index (χ0) is 62.8. The Morgan fingerprint density at radius 3 is 1.35 bits per heavy atom. The predicted molar refractivity (Wildman–Crippen MR) is 281 cm³/mol. The maximum absolute atomic E-state index is 13.4. The van der Waals surface area contributed by atoms with Crippen LogP contribution in [0.4, 0.5) is 11.4 Å². The summed E-state index contributed by atoms with van der Waals surface area (Å²) in [6.45, 7) is 4.10. The molecule has 4 rings (SSSR count). The van der Waals surface area contributed by atoms with Crippen LogP contribution in [0.3, 0.4) is 0 Å². The number of nitrogens with two attached hydrogens (primary N) is 6. The van der Waals surface area contributed by atoms with Crippen molar-refractivity contribution in [2.24, 2.45) is 46.2 Å². The average Bonchev–Trinajstić information content (AvgIpc) is 3.70. The molecule has 462 valence electrons. The Balaban J connectivity index is 1.19. The van der Waals surface area contributed by atoms with Crippen LogP contribution in [0.1, 0.15) is 72.6 Å². The molecular formula is C49H68N12O23. The number of para-hydroxylation sites is 4. The van der Waals surface area contributed by atoms with E-state index in [-0.39, 0.29) is 55.2 Å². The topological polar surface area (TPSA) is 527 Å². The summed E-state index contributed by atoms with van der Waals surface area (Å²) in [5.41, 5.74) is 34.5. The van der Waals surface area contributed by atoms with Gasteiger partial charge in [-0.3, -0.25) is 40.2 Å². The third-order valence-electron chi connectivity index (χ3n) is 12.8. The lowest BCUT2D eigenvalue weighted by molar-refractivity contribution is -0.445. The Hall–Kier alpha value is -8.42. The Morgan fingerprint density at radius 2 is 0.976 bits per heavy atom. The highest BCUT2D eigenvalue weighted by molar-refractivity contribution is 5.94. The van der Waals surface area contributed by atoms with Gasteiger partial charge in [-0.25, -0.2) is 39.4 Å². The monoisotopic (exact) mass is 1190 g/mol. The number of nitro groups is 2. The first-order chi connectivity index (χ1) is 39.4. The Morgan fingerprint density at radius 1 is 0.595 bits per heavy atom. The van der Waals surface area contributed by atoms with Gasteiger partial charge in [-0.15, -0.1) is 21.0 Å². The Bertz CT molecular complexity index is 2770. The molecule has 2 aromatic rings. The van der Waals surface area contributed by atoms with E-state index in [2.05, 4.69) is 0 Å². The molecule has 0 spiro atoms. The molecule has 9 atom stereocenters. The first-order valence-electron chi connectivity index (χ1n) is 25.8. The molecular weight excluding hydrogens is 1120 g/mol. The Labute approximate surface area is 477 Å².